The Morgan fingerprint density at radius 3 is 2.19 bits per heavy atom. The summed E-state index contributed by atoms with van der Waals surface area (Å²) in [5, 5.41) is 8.94. The molecule has 0 aliphatic rings. The van der Waals surface area contributed by atoms with Gasteiger partial charge in [0.1, 0.15) is 0 Å². The first-order chi connectivity index (χ1) is 12.3. The van der Waals surface area contributed by atoms with Crippen LogP contribution in [-0.2, 0) is 14.3 Å². The number of quaternary nitrogens is 1. The fourth-order valence-corrected chi connectivity index (χ4v) is 2.41. The number of carboxylic acid groups (broad SMARTS) is 1. The second-order valence-electron chi connectivity index (χ2n) is 6.13. The number of rotatable bonds is 7. The van der Waals surface area contributed by atoms with Crippen molar-refractivity contribution in [3.05, 3.63) is 71.3 Å². The molecule has 0 fully saturated rings. The molecule has 0 aliphatic carbocycles. The Morgan fingerprint density at radius 2 is 1.58 bits per heavy atom. The summed E-state index contributed by atoms with van der Waals surface area (Å²) < 4.78 is 5.21. The van der Waals surface area contributed by atoms with Crippen LogP contribution in [0.3, 0.4) is 0 Å². The van der Waals surface area contributed by atoms with E-state index >= 15 is 0 Å². The number of benzene rings is 2. The van der Waals surface area contributed by atoms with E-state index in [1.165, 1.54) is 6.92 Å². The van der Waals surface area contributed by atoms with Gasteiger partial charge in [-0.2, -0.15) is 0 Å². The smallest absolute Gasteiger partial charge is 0.366 e. The Kier molecular flexibility index (Phi) is 6.25. The molecule has 26 heavy (non-hydrogen) atoms. The molecule has 3 atom stereocenters. The molecule has 6 heteroatoms. The zero-order valence-electron chi connectivity index (χ0n) is 14.7. The minimum absolute atomic E-state index is 0.134. The van der Waals surface area contributed by atoms with Gasteiger partial charge in [-0.25, -0.2) is 4.79 Å². The number of carbonyl (C=O) groups is 3. The maximum absolute atomic E-state index is 12.5. The molecule has 0 saturated heterocycles. The number of aliphatic carboxylic acids is 1. The summed E-state index contributed by atoms with van der Waals surface area (Å²) in [5.41, 5.74) is 5.14. The fraction of sp³-hybridized carbons (Fsp3) is 0.250. The number of hydrogen-bond acceptors (Lipinski definition) is 4. The summed E-state index contributed by atoms with van der Waals surface area (Å²) in [7, 11) is 0. The van der Waals surface area contributed by atoms with Gasteiger partial charge in [-0.15, -0.1) is 0 Å². The van der Waals surface area contributed by atoms with Crippen molar-refractivity contribution >= 4 is 17.7 Å². The van der Waals surface area contributed by atoms with Crippen molar-refractivity contribution in [2.24, 2.45) is 0 Å². The van der Waals surface area contributed by atoms with Gasteiger partial charge in [0.25, 0.3) is 0 Å². The number of ether oxygens (including phenoxy) is 1. The third-order valence-corrected chi connectivity index (χ3v) is 4.22. The largest absolute Gasteiger partial charge is 0.477 e. The Balaban J connectivity index is 2.15. The molecule has 0 bridgehead atoms. The summed E-state index contributed by atoms with van der Waals surface area (Å²) >= 11 is 0. The molecule has 2 aromatic rings. The van der Waals surface area contributed by atoms with Crippen LogP contribution in [0.5, 0.6) is 0 Å². The molecule has 2 aromatic carbocycles. The maximum Gasteiger partial charge on any atom is 0.366 e. The van der Waals surface area contributed by atoms with Crippen LogP contribution in [0.1, 0.15) is 41.3 Å². The van der Waals surface area contributed by atoms with E-state index in [-0.39, 0.29) is 5.78 Å². The van der Waals surface area contributed by atoms with Crippen molar-refractivity contribution in [3.8, 4) is 0 Å². The van der Waals surface area contributed by atoms with Crippen LogP contribution in [0.4, 0.5) is 0 Å². The van der Waals surface area contributed by atoms with Crippen LogP contribution in [0.25, 0.3) is 0 Å². The SMILES string of the molecule is C[C@H](C(=O)O[C@H](C)C([NH3+])C(=O)O)c1cccc(C(=O)c2ccccc2)c1. The van der Waals surface area contributed by atoms with Crippen molar-refractivity contribution < 1.29 is 30.0 Å². The molecule has 136 valence electrons. The van der Waals surface area contributed by atoms with Crippen LogP contribution in [0.15, 0.2) is 54.6 Å². The molecule has 2 rings (SSSR count). The van der Waals surface area contributed by atoms with E-state index in [1.54, 1.807) is 55.5 Å². The van der Waals surface area contributed by atoms with Gasteiger partial charge in [0.15, 0.2) is 11.9 Å². The predicted molar refractivity (Wildman–Crippen MR) is 94.6 cm³/mol. The molecule has 0 heterocycles. The Hall–Kier alpha value is -2.99. The molecule has 0 amide bonds. The highest BCUT2D eigenvalue weighted by atomic mass is 16.5. The highest BCUT2D eigenvalue weighted by molar-refractivity contribution is 6.09. The normalized spacial score (nSPS) is 14.1. The minimum atomic E-state index is -1.13. The number of ketones is 1. The third-order valence-electron chi connectivity index (χ3n) is 4.22. The summed E-state index contributed by atoms with van der Waals surface area (Å²) in [6.45, 7) is 3.14. The van der Waals surface area contributed by atoms with Gasteiger partial charge in [-0.3, -0.25) is 9.59 Å². The van der Waals surface area contributed by atoms with Crippen molar-refractivity contribution in [2.75, 3.05) is 0 Å². The molecule has 0 aromatic heterocycles. The van der Waals surface area contributed by atoms with Crippen LogP contribution in [0.2, 0.25) is 0 Å². The van der Waals surface area contributed by atoms with Gasteiger partial charge in [0.05, 0.1) is 5.92 Å². The molecule has 4 N–H and O–H groups in total. The number of carboxylic acids is 1. The van der Waals surface area contributed by atoms with Crippen LogP contribution >= 0.6 is 0 Å². The first-order valence-corrected chi connectivity index (χ1v) is 8.27. The molecule has 1 unspecified atom stereocenters. The molecule has 0 aliphatic heterocycles. The second kappa shape index (κ2) is 8.40. The average Bonchev–Trinajstić information content (AvgIpc) is 2.66. The van der Waals surface area contributed by atoms with E-state index < -0.39 is 30.0 Å². The zero-order valence-corrected chi connectivity index (χ0v) is 14.7. The minimum Gasteiger partial charge on any atom is -0.477 e. The van der Waals surface area contributed by atoms with Crippen molar-refractivity contribution in [3.63, 3.8) is 0 Å². The number of carbonyl (C=O) groups excluding carboxylic acids is 2. The van der Waals surface area contributed by atoms with Crippen LogP contribution < -0.4 is 5.73 Å². The Bertz CT molecular complexity index is 803. The Morgan fingerprint density at radius 1 is 0.962 bits per heavy atom. The fourth-order valence-electron chi connectivity index (χ4n) is 2.41. The van der Waals surface area contributed by atoms with Crippen molar-refractivity contribution in [1.82, 2.24) is 0 Å². The lowest BCUT2D eigenvalue weighted by Gasteiger charge is -2.18. The molecule has 0 spiro atoms. The standard InChI is InChI=1S/C20H21NO5/c1-12(20(25)26-13(2)17(21)19(23)24)15-9-6-10-16(11-15)18(22)14-7-4-3-5-8-14/h3-13,17H,21H2,1-2H3,(H,23,24)/p+1/t12-,13+,17?/m0/s1. The first kappa shape index (κ1) is 19.3. The highest BCUT2D eigenvalue weighted by Gasteiger charge is 2.29. The highest BCUT2D eigenvalue weighted by Crippen LogP contribution is 2.21. The van der Waals surface area contributed by atoms with Gasteiger partial charge >= 0.3 is 11.9 Å². The van der Waals surface area contributed by atoms with E-state index in [0.717, 1.165) is 0 Å². The van der Waals surface area contributed by atoms with Crippen molar-refractivity contribution in [1.29, 1.82) is 0 Å². The quantitative estimate of drug-likeness (QED) is 0.579. The third kappa shape index (κ3) is 4.55. The van der Waals surface area contributed by atoms with E-state index in [0.29, 0.717) is 16.7 Å². The summed E-state index contributed by atoms with van der Waals surface area (Å²) in [5.74, 6) is -2.46. The topological polar surface area (TPSA) is 108 Å². The van der Waals surface area contributed by atoms with Crippen LogP contribution in [-0.4, -0.2) is 35.0 Å². The first-order valence-electron chi connectivity index (χ1n) is 8.27. The van der Waals surface area contributed by atoms with E-state index in [9.17, 15) is 14.4 Å². The van der Waals surface area contributed by atoms with Gasteiger partial charge in [-0.05, 0) is 25.5 Å². The predicted octanol–water partition coefficient (Wildman–Crippen LogP) is 1.65. The molecular formula is C20H22NO5+. The monoisotopic (exact) mass is 356 g/mol. The second-order valence-corrected chi connectivity index (χ2v) is 6.13. The summed E-state index contributed by atoms with van der Waals surface area (Å²) in [4.78, 5) is 35.8. The van der Waals surface area contributed by atoms with Gasteiger partial charge in [0.2, 0.25) is 6.04 Å². The van der Waals surface area contributed by atoms with Crippen molar-refractivity contribution in [2.45, 2.75) is 31.9 Å². The molecule has 6 nitrogen and oxygen atoms in total. The van der Waals surface area contributed by atoms with E-state index in [2.05, 4.69) is 5.73 Å². The molecular weight excluding hydrogens is 334 g/mol. The molecule has 0 saturated carbocycles. The van der Waals surface area contributed by atoms with Gasteiger partial charge in [0, 0.05) is 11.1 Å². The average molecular weight is 356 g/mol. The van der Waals surface area contributed by atoms with Gasteiger partial charge < -0.3 is 15.6 Å². The lowest BCUT2D eigenvalue weighted by Crippen LogP contribution is -2.70. The Labute approximate surface area is 151 Å². The van der Waals surface area contributed by atoms with E-state index in [4.69, 9.17) is 9.84 Å². The zero-order chi connectivity index (χ0) is 19.3. The van der Waals surface area contributed by atoms with E-state index in [1.807, 2.05) is 6.07 Å². The van der Waals surface area contributed by atoms with Gasteiger partial charge in [-0.1, -0.05) is 48.5 Å². The summed E-state index contributed by atoms with van der Waals surface area (Å²) in [6.07, 6.45) is -0.850. The maximum atomic E-state index is 12.5. The molecule has 0 radical (unpaired) electrons. The lowest BCUT2D eigenvalue weighted by atomic mass is 9.95. The lowest BCUT2D eigenvalue weighted by molar-refractivity contribution is -0.423. The summed E-state index contributed by atoms with van der Waals surface area (Å²) in [6, 6.07) is 14.6. The number of esters is 1. The van der Waals surface area contributed by atoms with Crippen LogP contribution in [0, 0.1) is 0 Å². The number of hydrogen-bond donors (Lipinski definition) is 2.